The molecule has 2 aromatic rings. The van der Waals surface area contributed by atoms with Crippen molar-refractivity contribution in [2.75, 3.05) is 17.2 Å². The van der Waals surface area contributed by atoms with Gasteiger partial charge in [0.2, 0.25) is 0 Å². The van der Waals surface area contributed by atoms with Crippen LogP contribution in [-0.2, 0) is 20.0 Å². The van der Waals surface area contributed by atoms with Gasteiger partial charge in [-0.3, -0.25) is 4.68 Å². The predicted octanol–water partition coefficient (Wildman–Crippen LogP) is 2.26. The molecule has 0 bridgehead atoms. The van der Waals surface area contributed by atoms with E-state index in [0.717, 1.165) is 30.9 Å². The topological polar surface area (TPSA) is 47.1 Å². The lowest BCUT2D eigenvalue weighted by molar-refractivity contribution is 0.643. The summed E-state index contributed by atoms with van der Waals surface area (Å²) in [6.45, 7) is 4.01. The van der Waals surface area contributed by atoms with E-state index in [1.807, 2.05) is 24.7 Å². The highest BCUT2D eigenvalue weighted by molar-refractivity contribution is 5.62. The van der Waals surface area contributed by atoms with E-state index in [1.165, 1.54) is 23.4 Å². The highest BCUT2D eigenvalue weighted by Gasteiger charge is 2.18. The molecule has 100 valence electrons. The average Bonchev–Trinajstić information content (AvgIpc) is 2.69. The fourth-order valence-electron chi connectivity index (χ4n) is 2.84. The number of hydrogen-bond acceptors (Lipinski definition) is 3. The maximum absolute atomic E-state index is 5.93. The molecule has 3 rings (SSSR count). The number of aromatic nitrogens is 2. The smallest absolute Gasteiger partial charge is 0.0599 e. The summed E-state index contributed by atoms with van der Waals surface area (Å²) >= 11 is 0. The van der Waals surface area contributed by atoms with Crippen LogP contribution in [0.5, 0.6) is 0 Å². The first-order valence-electron chi connectivity index (χ1n) is 6.76. The van der Waals surface area contributed by atoms with E-state index in [1.54, 1.807) is 0 Å². The van der Waals surface area contributed by atoms with Gasteiger partial charge in [-0.05, 0) is 43.5 Å². The third kappa shape index (κ3) is 2.30. The van der Waals surface area contributed by atoms with Crippen molar-refractivity contribution < 1.29 is 0 Å². The molecular weight excluding hydrogens is 236 g/mol. The Morgan fingerprint density at radius 1 is 1.32 bits per heavy atom. The van der Waals surface area contributed by atoms with Gasteiger partial charge in [0, 0.05) is 25.0 Å². The minimum absolute atomic E-state index is 0.840. The Labute approximate surface area is 113 Å². The third-order valence-corrected chi connectivity index (χ3v) is 3.78. The first-order chi connectivity index (χ1) is 9.13. The van der Waals surface area contributed by atoms with E-state index in [9.17, 15) is 0 Å². The molecule has 19 heavy (non-hydrogen) atoms. The van der Waals surface area contributed by atoms with Crippen LogP contribution in [-0.4, -0.2) is 16.3 Å². The maximum atomic E-state index is 5.93. The summed E-state index contributed by atoms with van der Waals surface area (Å²) in [6, 6.07) is 8.40. The van der Waals surface area contributed by atoms with Gasteiger partial charge in [0.25, 0.3) is 0 Å². The van der Waals surface area contributed by atoms with Crippen molar-refractivity contribution in [3.63, 3.8) is 0 Å². The predicted molar refractivity (Wildman–Crippen MR) is 78.2 cm³/mol. The van der Waals surface area contributed by atoms with Crippen LogP contribution >= 0.6 is 0 Å². The van der Waals surface area contributed by atoms with Crippen LogP contribution in [0.25, 0.3) is 0 Å². The molecule has 4 heteroatoms. The van der Waals surface area contributed by atoms with Gasteiger partial charge in [-0.2, -0.15) is 5.10 Å². The minimum atomic E-state index is 0.840. The maximum Gasteiger partial charge on any atom is 0.0599 e. The van der Waals surface area contributed by atoms with Crippen LogP contribution in [0.15, 0.2) is 24.3 Å². The Morgan fingerprint density at radius 3 is 2.89 bits per heavy atom. The summed E-state index contributed by atoms with van der Waals surface area (Å²) in [4.78, 5) is 2.41. The zero-order valence-corrected chi connectivity index (χ0v) is 11.6. The van der Waals surface area contributed by atoms with Gasteiger partial charge in [0.1, 0.15) is 0 Å². The van der Waals surface area contributed by atoms with Crippen molar-refractivity contribution in [3.05, 3.63) is 41.2 Å². The van der Waals surface area contributed by atoms with Crippen LogP contribution in [0, 0.1) is 6.92 Å². The second-order valence-corrected chi connectivity index (χ2v) is 5.31. The molecule has 0 unspecified atom stereocenters. The van der Waals surface area contributed by atoms with Crippen molar-refractivity contribution in [3.8, 4) is 0 Å². The van der Waals surface area contributed by atoms with Crippen molar-refractivity contribution in [2.45, 2.75) is 26.3 Å². The summed E-state index contributed by atoms with van der Waals surface area (Å²) in [5, 5.41) is 4.42. The number of aryl methyl sites for hydroxylation is 3. The summed E-state index contributed by atoms with van der Waals surface area (Å²) in [6.07, 6.45) is 2.35. The summed E-state index contributed by atoms with van der Waals surface area (Å²) < 4.78 is 1.97. The fourth-order valence-corrected chi connectivity index (χ4v) is 2.84. The fraction of sp³-hybridized carbons (Fsp3) is 0.400. The first kappa shape index (κ1) is 12.1. The Balaban J connectivity index is 1.91. The standard InChI is InChI=1S/C15H20N4/c1-11-8-14(18(2)17-11)10-19-7-3-4-12-5-6-13(16)9-15(12)19/h5-6,8-9H,3-4,7,10,16H2,1-2H3. The highest BCUT2D eigenvalue weighted by Crippen LogP contribution is 2.30. The van der Waals surface area contributed by atoms with Gasteiger partial charge < -0.3 is 10.6 Å². The van der Waals surface area contributed by atoms with Crippen LogP contribution < -0.4 is 10.6 Å². The van der Waals surface area contributed by atoms with Crippen LogP contribution in [0.3, 0.4) is 0 Å². The zero-order chi connectivity index (χ0) is 13.4. The lowest BCUT2D eigenvalue weighted by atomic mass is 10.0. The Kier molecular flexibility index (Phi) is 2.93. The molecule has 4 nitrogen and oxygen atoms in total. The number of nitrogens with two attached hydrogens (primary N) is 1. The lowest BCUT2D eigenvalue weighted by Gasteiger charge is -2.31. The first-order valence-corrected chi connectivity index (χ1v) is 6.76. The molecule has 0 radical (unpaired) electrons. The van der Waals surface area contributed by atoms with Gasteiger partial charge in [-0.1, -0.05) is 6.07 Å². The van der Waals surface area contributed by atoms with E-state index in [2.05, 4.69) is 28.2 Å². The molecule has 1 aliphatic rings. The minimum Gasteiger partial charge on any atom is -0.399 e. The molecule has 1 aromatic carbocycles. The number of anilines is 2. The molecule has 0 aliphatic carbocycles. The molecule has 0 amide bonds. The van der Waals surface area contributed by atoms with Crippen molar-refractivity contribution in [1.29, 1.82) is 0 Å². The molecule has 0 saturated heterocycles. The quantitative estimate of drug-likeness (QED) is 0.838. The number of nitrogens with zero attached hydrogens (tertiary/aromatic N) is 3. The Morgan fingerprint density at radius 2 is 2.16 bits per heavy atom. The van der Waals surface area contributed by atoms with Gasteiger partial charge in [-0.25, -0.2) is 0 Å². The number of benzene rings is 1. The molecule has 1 aliphatic heterocycles. The molecule has 2 heterocycles. The summed E-state index contributed by atoms with van der Waals surface area (Å²) in [5.74, 6) is 0. The van der Waals surface area contributed by atoms with Crippen molar-refractivity contribution in [2.24, 2.45) is 7.05 Å². The average molecular weight is 256 g/mol. The normalized spacial score (nSPS) is 14.5. The van der Waals surface area contributed by atoms with Crippen molar-refractivity contribution in [1.82, 2.24) is 9.78 Å². The SMILES string of the molecule is Cc1cc(CN2CCCc3ccc(N)cc32)n(C)n1. The molecule has 0 saturated carbocycles. The van der Waals surface area contributed by atoms with Crippen molar-refractivity contribution >= 4 is 11.4 Å². The second-order valence-electron chi connectivity index (χ2n) is 5.31. The van der Waals surface area contributed by atoms with Crippen LogP contribution in [0.2, 0.25) is 0 Å². The Hall–Kier alpha value is -1.97. The highest BCUT2D eigenvalue weighted by atomic mass is 15.3. The molecule has 2 N–H and O–H groups in total. The third-order valence-electron chi connectivity index (χ3n) is 3.78. The van der Waals surface area contributed by atoms with Crippen LogP contribution in [0.4, 0.5) is 11.4 Å². The van der Waals surface area contributed by atoms with E-state index < -0.39 is 0 Å². The van der Waals surface area contributed by atoms with E-state index in [-0.39, 0.29) is 0 Å². The van der Waals surface area contributed by atoms with E-state index >= 15 is 0 Å². The molecule has 1 aromatic heterocycles. The zero-order valence-electron chi connectivity index (χ0n) is 11.6. The largest absolute Gasteiger partial charge is 0.399 e. The van der Waals surface area contributed by atoms with E-state index in [0.29, 0.717) is 0 Å². The monoisotopic (exact) mass is 256 g/mol. The Bertz CT molecular complexity index is 600. The summed E-state index contributed by atoms with van der Waals surface area (Å²) in [7, 11) is 2.01. The molecule has 0 atom stereocenters. The summed E-state index contributed by atoms with van der Waals surface area (Å²) in [5.41, 5.74) is 11.8. The number of rotatable bonds is 2. The molecule has 0 fully saturated rings. The number of nitrogen functional groups attached to an aromatic ring is 1. The number of fused-ring (bicyclic) bond motifs is 1. The second kappa shape index (κ2) is 4.61. The van der Waals surface area contributed by atoms with E-state index in [4.69, 9.17) is 5.73 Å². The lowest BCUT2D eigenvalue weighted by Crippen LogP contribution is -2.29. The van der Waals surface area contributed by atoms with Gasteiger partial charge in [0.15, 0.2) is 0 Å². The van der Waals surface area contributed by atoms with Gasteiger partial charge in [-0.15, -0.1) is 0 Å². The molecule has 0 spiro atoms. The van der Waals surface area contributed by atoms with Gasteiger partial charge >= 0.3 is 0 Å². The van der Waals surface area contributed by atoms with Crippen LogP contribution in [0.1, 0.15) is 23.4 Å². The molecular formula is C15H20N4. The van der Waals surface area contributed by atoms with Gasteiger partial charge in [0.05, 0.1) is 17.9 Å². The number of hydrogen-bond donors (Lipinski definition) is 1.